The predicted octanol–water partition coefficient (Wildman–Crippen LogP) is 1.03. The molecule has 116 valence electrons. The van der Waals surface area contributed by atoms with Crippen LogP contribution in [0.4, 0.5) is 10.6 Å². The van der Waals surface area contributed by atoms with Gasteiger partial charge < -0.3 is 10.3 Å². The third-order valence-electron chi connectivity index (χ3n) is 3.74. The molecule has 2 rings (SSSR count). The van der Waals surface area contributed by atoms with Crippen LogP contribution in [0.5, 0.6) is 0 Å². The van der Waals surface area contributed by atoms with E-state index < -0.39 is 12.1 Å². The molecule has 21 heavy (non-hydrogen) atoms. The minimum absolute atomic E-state index is 0.0681. The monoisotopic (exact) mass is 295 g/mol. The molecule has 0 radical (unpaired) electrons. The molecule has 3 N–H and O–H groups in total. The van der Waals surface area contributed by atoms with Crippen molar-refractivity contribution in [1.82, 2.24) is 15.2 Å². The summed E-state index contributed by atoms with van der Waals surface area (Å²) in [6.07, 6.45) is 2.90. The second kappa shape index (κ2) is 6.57. The first-order valence-corrected chi connectivity index (χ1v) is 7.10. The van der Waals surface area contributed by atoms with Gasteiger partial charge in [-0.1, -0.05) is 25.4 Å². The van der Waals surface area contributed by atoms with Crippen LogP contribution in [-0.4, -0.2) is 46.2 Å². The fourth-order valence-corrected chi connectivity index (χ4v) is 2.17. The minimum Gasteiger partial charge on any atom is -0.363 e. The highest BCUT2D eigenvalue weighted by Crippen LogP contribution is 2.17. The highest BCUT2D eigenvalue weighted by molar-refractivity contribution is 5.91. The van der Waals surface area contributed by atoms with Gasteiger partial charge >= 0.3 is 6.03 Å². The Morgan fingerprint density at radius 1 is 1.48 bits per heavy atom. The molecule has 1 aliphatic heterocycles. The average Bonchev–Trinajstić information content (AvgIpc) is 3.15. The van der Waals surface area contributed by atoms with Crippen molar-refractivity contribution in [2.45, 2.75) is 32.7 Å². The van der Waals surface area contributed by atoms with E-state index in [1.54, 1.807) is 0 Å². The quantitative estimate of drug-likeness (QED) is 0.863. The lowest BCUT2D eigenvalue weighted by atomic mass is 9.99. The normalized spacial score (nSPS) is 17.7. The highest BCUT2D eigenvalue weighted by Gasteiger charge is 2.34. The van der Waals surface area contributed by atoms with E-state index in [4.69, 9.17) is 5.73 Å². The van der Waals surface area contributed by atoms with E-state index in [1.807, 2.05) is 13.8 Å². The number of carbonyl (C=O) groups excluding carboxylic acids is 2. The summed E-state index contributed by atoms with van der Waals surface area (Å²) in [6, 6.07) is 0.520. The number of nitrogens with one attached hydrogen (secondary N) is 1. The fraction of sp³-hybridized carbons (Fsp3) is 0.615. The molecule has 0 saturated carbocycles. The van der Waals surface area contributed by atoms with Crippen molar-refractivity contribution < 1.29 is 14.1 Å². The topological polar surface area (TPSA) is 105 Å². The maximum Gasteiger partial charge on any atom is 0.341 e. The van der Waals surface area contributed by atoms with E-state index in [9.17, 15) is 9.59 Å². The number of nitrogens with two attached hydrogens (primary N) is 1. The Morgan fingerprint density at radius 3 is 2.81 bits per heavy atom. The van der Waals surface area contributed by atoms with E-state index in [-0.39, 0.29) is 11.8 Å². The molecule has 1 unspecified atom stereocenters. The molecule has 8 heteroatoms. The van der Waals surface area contributed by atoms with Gasteiger partial charge in [0, 0.05) is 19.2 Å². The summed E-state index contributed by atoms with van der Waals surface area (Å²) >= 11 is 0. The Labute approximate surface area is 123 Å². The number of hydrazine groups is 1. The Kier molecular flexibility index (Phi) is 4.79. The van der Waals surface area contributed by atoms with Gasteiger partial charge in [-0.05, 0) is 12.3 Å². The molecule has 1 aromatic rings. The molecule has 0 aromatic carbocycles. The van der Waals surface area contributed by atoms with Gasteiger partial charge in [0.1, 0.15) is 6.26 Å². The number of hydrogen-bond acceptors (Lipinski definition) is 5. The molecule has 0 aliphatic carbocycles. The maximum atomic E-state index is 12.4. The van der Waals surface area contributed by atoms with Crippen LogP contribution in [0, 0.1) is 5.92 Å². The van der Waals surface area contributed by atoms with Gasteiger partial charge in [-0.2, -0.15) is 0 Å². The van der Waals surface area contributed by atoms with Gasteiger partial charge in [0.15, 0.2) is 5.82 Å². The fourth-order valence-electron chi connectivity index (χ4n) is 2.17. The van der Waals surface area contributed by atoms with Crippen molar-refractivity contribution in [3.63, 3.8) is 0 Å². The molecule has 1 aliphatic rings. The summed E-state index contributed by atoms with van der Waals surface area (Å²) in [5.74, 6) is 0.154. The Morgan fingerprint density at radius 2 is 2.19 bits per heavy atom. The smallest absolute Gasteiger partial charge is 0.341 e. The summed E-state index contributed by atoms with van der Waals surface area (Å²) in [7, 11) is 0. The Bertz CT molecular complexity index is 490. The number of urea groups is 1. The number of rotatable bonds is 4. The van der Waals surface area contributed by atoms with Gasteiger partial charge in [-0.3, -0.25) is 10.1 Å². The van der Waals surface area contributed by atoms with Crippen molar-refractivity contribution in [2.75, 3.05) is 18.4 Å². The van der Waals surface area contributed by atoms with E-state index >= 15 is 0 Å². The molecular formula is C13H21N5O3. The first-order chi connectivity index (χ1) is 10.0. The van der Waals surface area contributed by atoms with Crippen molar-refractivity contribution in [1.29, 1.82) is 0 Å². The molecule has 0 bridgehead atoms. The number of carbonyl (C=O) groups is 2. The first kappa shape index (κ1) is 15.3. The van der Waals surface area contributed by atoms with Crippen molar-refractivity contribution in [3.05, 3.63) is 12.3 Å². The van der Waals surface area contributed by atoms with Crippen LogP contribution in [0.15, 0.2) is 16.9 Å². The third kappa shape index (κ3) is 3.33. The largest absolute Gasteiger partial charge is 0.363 e. The summed E-state index contributed by atoms with van der Waals surface area (Å²) in [4.78, 5) is 24.6. The molecule has 1 fully saturated rings. The minimum atomic E-state index is -0.601. The van der Waals surface area contributed by atoms with E-state index in [0.717, 1.165) is 12.8 Å². The summed E-state index contributed by atoms with van der Waals surface area (Å²) in [5, 5.41) is 8.99. The van der Waals surface area contributed by atoms with E-state index in [1.165, 1.54) is 22.3 Å². The molecule has 1 aromatic heterocycles. The van der Waals surface area contributed by atoms with Crippen LogP contribution >= 0.6 is 0 Å². The van der Waals surface area contributed by atoms with Crippen LogP contribution in [0.2, 0.25) is 0 Å². The maximum absolute atomic E-state index is 12.4. The molecule has 1 saturated heterocycles. The summed E-state index contributed by atoms with van der Waals surface area (Å²) < 4.78 is 4.65. The van der Waals surface area contributed by atoms with Crippen molar-refractivity contribution in [2.24, 2.45) is 11.7 Å². The second-order valence-electron chi connectivity index (χ2n) is 5.16. The second-order valence-corrected chi connectivity index (χ2v) is 5.16. The zero-order chi connectivity index (χ0) is 15.4. The van der Waals surface area contributed by atoms with E-state index in [2.05, 4.69) is 15.0 Å². The van der Waals surface area contributed by atoms with Crippen molar-refractivity contribution >= 4 is 17.8 Å². The number of nitrogens with zero attached hydrogens (tertiary/aromatic N) is 3. The lowest BCUT2D eigenvalue weighted by Crippen LogP contribution is -2.53. The zero-order valence-electron chi connectivity index (χ0n) is 12.3. The Hall–Kier alpha value is -2.09. The number of aromatic nitrogens is 1. The number of hydrogen-bond donors (Lipinski definition) is 2. The van der Waals surface area contributed by atoms with Gasteiger partial charge in [0.05, 0.1) is 6.04 Å². The van der Waals surface area contributed by atoms with Crippen LogP contribution in [0.3, 0.4) is 0 Å². The number of amides is 3. The van der Waals surface area contributed by atoms with E-state index in [0.29, 0.717) is 18.9 Å². The molecule has 0 spiro atoms. The standard InChI is InChI=1S/C13H21N5O3/c1-3-9(2)11(14)12(19)17-6-4-7-18(17)13(20)15-10-5-8-21-16-10/h5,8-9,11H,3-4,6-7,14H2,1-2H3,(H,15,16,20)/t9?,11-/m0/s1. The van der Waals surface area contributed by atoms with Crippen LogP contribution < -0.4 is 11.1 Å². The SMILES string of the molecule is CCC(C)[C@H](N)C(=O)N1CCCN1C(=O)Nc1ccon1. The van der Waals surface area contributed by atoms with Gasteiger partial charge in [-0.15, -0.1) is 0 Å². The summed E-state index contributed by atoms with van der Waals surface area (Å²) in [5.41, 5.74) is 5.97. The molecule has 2 atom stereocenters. The Balaban J connectivity index is 2.02. The molecule has 2 heterocycles. The van der Waals surface area contributed by atoms with Crippen molar-refractivity contribution in [3.8, 4) is 0 Å². The van der Waals surface area contributed by atoms with Crippen LogP contribution in [0.1, 0.15) is 26.7 Å². The zero-order valence-corrected chi connectivity index (χ0v) is 12.3. The van der Waals surface area contributed by atoms with Gasteiger partial charge in [0.25, 0.3) is 5.91 Å². The lowest BCUT2D eigenvalue weighted by Gasteiger charge is -2.31. The first-order valence-electron chi connectivity index (χ1n) is 7.10. The van der Waals surface area contributed by atoms with Gasteiger partial charge in [-0.25, -0.2) is 14.8 Å². The summed E-state index contributed by atoms with van der Waals surface area (Å²) in [6.45, 7) is 4.88. The average molecular weight is 295 g/mol. The molecular weight excluding hydrogens is 274 g/mol. The van der Waals surface area contributed by atoms with Gasteiger partial charge in [0.2, 0.25) is 0 Å². The van der Waals surface area contributed by atoms with Crippen LogP contribution in [-0.2, 0) is 4.79 Å². The number of anilines is 1. The van der Waals surface area contributed by atoms with Crippen LogP contribution in [0.25, 0.3) is 0 Å². The lowest BCUT2D eigenvalue weighted by molar-refractivity contribution is -0.142. The third-order valence-corrected chi connectivity index (χ3v) is 3.74. The molecule has 8 nitrogen and oxygen atoms in total. The molecule has 3 amide bonds. The highest BCUT2D eigenvalue weighted by atomic mass is 16.5. The predicted molar refractivity (Wildman–Crippen MR) is 76.0 cm³/mol.